The summed E-state index contributed by atoms with van der Waals surface area (Å²) in [5.41, 5.74) is 13.3. The Morgan fingerprint density at radius 1 is 0.467 bits per heavy atom. The van der Waals surface area contributed by atoms with Crippen molar-refractivity contribution in [2.45, 2.75) is 195 Å². The number of nitrogens with two attached hydrogens (primary N) is 3. The standard InChI is InChI=1S/3C24H38N2O4/c3*1-14(2)9-17-13-26-8-7-16-10-21(28-5)22(29-6)11-18(16)19(26)12-20(17)30-24(27)23(25)15(3)4/h3*10-11,14-15,17,19-20,23H,7-9,12-13,25H2,1-6H3/t3*17?,19?,20?,23-/m000/s1/i3D3,4D3,5D3,7D2,8D2,12D2,13D2,15D,17D,20D,23D;2*3D3,4D3,7D2,8D2,12D2,13D2,15D,17D,20D,23D. The van der Waals surface area contributed by atoms with Crippen molar-refractivity contribution < 1.29 is 135 Å². The Hall–Kier alpha value is -5.37. The minimum Gasteiger partial charge on any atom is -0.493 e. The number of carbonyl (C=O) groups is 3. The van der Waals surface area contributed by atoms with Gasteiger partial charge in [0.05, 0.1) is 54.9 Å². The molecule has 0 spiro atoms. The van der Waals surface area contributed by atoms with Crippen LogP contribution in [0.3, 0.4) is 0 Å². The van der Waals surface area contributed by atoms with Gasteiger partial charge in [-0.2, -0.15) is 0 Å². The van der Waals surface area contributed by atoms with Crippen molar-refractivity contribution in [2.75, 3.05) is 81.6 Å². The molecule has 3 aromatic carbocycles. The zero-order valence-electron chi connectivity index (χ0n) is 108. The highest BCUT2D eigenvalue weighted by Crippen LogP contribution is 2.48. The summed E-state index contributed by atoms with van der Waals surface area (Å²) in [6.45, 7) is -37.4. The summed E-state index contributed by atoms with van der Waals surface area (Å²) in [7, 11) is 2.53. The van der Waals surface area contributed by atoms with E-state index in [1.807, 2.05) is 0 Å². The van der Waals surface area contributed by atoms with Gasteiger partial charge in [0.25, 0.3) is 0 Å². The van der Waals surface area contributed by atoms with Gasteiger partial charge in [0, 0.05) is 160 Å². The van der Waals surface area contributed by atoms with Crippen LogP contribution in [0, 0.1) is 53.1 Å². The van der Waals surface area contributed by atoms with Crippen LogP contribution in [0.1, 0.15) is 251 Å². The number of aryl methyl sites for hydroxylation is 3. The molecule has 0 bridgehead atoms. The van der Waals surface area contributed by atoms with E-state index in [9.17, 15) is 39.1 Å². The molecule has 0 saturated carbocycles. The van der Waals surface area contributed by atoms with E-state index in [0.29, 0.717) is 6.07 Å². The number of esters is 3. The number of fused-ring (bicyclic) bond motifs is 9. The van der Waals surface area contributed by atoms with Crippen LogP contribution in [-0.4, -0.2) is 150 Å². The van der Waals surface area contributed by atoms with Crippen LogP contribution in [-0.2, 0) is 47.7 Å². The zero-order chi connectivity index (χ0) is 116. The maximum atomic E-state index is 13.8. The number of methoxy groups -OCH3 is 6. The van der Waals surface area contributed by atoms with E-state index in [1.165, 1.54) is 70.0 Å². The van der Waals surface area contributed by atoms with Crippen LogP contribution in [0.4, 0.5) is 0 Å². The van der Waals surface area contributed by atoms with Crippen LogP contribution >= 0.6 is 0 Å². The fourth-order valence-corrected chi connectivity index (χ4v) is 9.17. The highest BCUT2D eigenvalue weighted by atomic mass is 16.6. The molecule has 0 amide bonds. The Morgan fingerprint density at radius 3 is 0.956 bits per heavy atom. The van der Waals surface area contributed by atoms with Crippen LogP contribution in [0.25, 0.3) is 0 Å². The number of hydrogen-bond acceptors (Lipinski definition) is 18. The lowest BCUT2D eigenvalue weighted by Gasteiger charge is -2.47. The van der Waals surface area contributed by atoms with E-state index in [4.69, 9.17) is 113 Å². The second kappa shape index (κ2) is 32.5. The van der Waals surface area contributed by atoms with Crippen LogP contribution in [0.15, 0.2) is 36.4 Å². The van der Waals surface area contributed by atoms with Crippen LogP contribution in [0.2, 0.25) is 0 Å². The molecule has 0 aromatic heterocycles. The van der Waals surface area contributed by atoms with Crippen molar-refractivity contribution in [1.29, 1.82) is 0 Å². The smallest absolute Gasteiger partial charge is 0.323 e. The Balaban J connectivity index is 0.000000299. The predicted octanol–water partition coefficient (Wildman–Crippen LogP) is 10.7. The van der Waals surface area contributed by atoms with Gasteiger partial charge < -0.3 is 59.8 Å². The van der Waals surface area contributed by atoms with Gasteiger partial charge in [0.1, 0.15) is 36.3 Å². The number of nitrogens with zero attached hydrogens (tertiary/aromatic N) is 3. The highest BCUT2D eigenvalue weighted by molar-refractivity contribution is 5.77. The molecule has 18 nitrogen and oxygen atoms in total. The van der Waals surface area contributed by atoms with E-state index in [0.717, 1.165) is 37.4 Å². The zero-order valence-corrected chi connectivity index (χ0v) is 51.0. The van der Waals surface area contributed by atoms with E-state index >= 15 is 0 Å². The lowest BCUT2D eigenvalue weighted by Crippen LogP contribution is -2.51. The normalized spacial score (nSPS) is 48.2. The summed E-state index contributed by atoms with van der Waals surface area (Å²) < 4.78 is 530. The number of carbonyl (C=O) groups excluding carboxylic acids is 3. The molecule has 18 heteroatoms. The average molecular weight is 1310 g/mol. The molecule has 0 radical (unpaired) electrons. The van der Waals surface area contributed by atoms with Gasteiger partial charge in [0.15, 0.2) is 34.5 Å². The Labute approximate surface area is 619 Å². The molecule has 12 atom stereocenters. The second-order valence-electron chi connectivity index (χ2n) is 21.3. The average Bonchev–Trinajstić information content (AvgIpc) is 0.657. The third-order valence-electron chi connectivity index (χ3n) is 13.4. The molecule has 0 aliphatic carbocycles. The minimum atomic E-state index is -4.22. The molecule has 9 rings (SSSR count). The van der Waals surface area contributed by atoms with Gasteiger partial charge in [-0.05, 0) is 144 Å². The molecule has 3 aromatic rings. The molecule has 6 aliphatic rings. The molecular formula is C72H114N6O12. The molecule has 504 valence electrons. The van der Waals surface area contributed by atoms with Gasteiger partial charge in [-0.15, -0.1) is 0 Å². The van der Waals surface area contributed by atoms with Gasteiger partial charge in [-0.1, -0.05) is 82.7 Å². The molecule has 9 unspecified atom stereocenters. The predicted molar refractivity (Wildman–Crippen MR) is 353 cm³/mol. The summed E-state index contributed by atoms with van der Waals surface area (Å²) in [5, 5.41) is 0. The molecule has 6 aliphatic heterocycles. The fraction of sp³-hybridized carbons (Fsp3) is 0.708. The molecule has 90 heavy (non-hydrogen) atoms. The molecule has 3 fully saturated rings. The second-order valence-corrected chi connectivity index (χ2v) is 21.3. The van der Waals surface area contributed by atoms with Crippen molar-refractivity contribution in [3.8, 4) is 34.5 Å². The minimum absolute atomic E-state index is 0.0120. The summed E-state index contributed by atoms with van der Waals surface area (Å²) >= 11 is 0. The van der Waals surface area contributed by atoms with E-state index in [1.54, 1.807) is 0 Å². The Bertz CT molecular complexity index is 5210. The maximum absolute atomic E-state index is 13.8. The molecular weight excluding hydrogens is 1140 g/mol. The largest absolute Gasteiger partial charge is 0.493 e. The van der Waals surface area contributed by atoms with Crippen LogP contribution < -0.4 is 45.6 Å². The van der Waals surface area contributed by atoms with Gasteiger partial charge in [-0.3, -0.25) is 29.1 Å². The van der Waals surface area contributed by atoms with Crippen molar-refractivity contribution in [3.05, 3.63) is 69.8 Å². The summed E-state index contributed by atoms with van der Waals surface area (Å²) in [6, 6.07) is -14.4. The first kappa shape index (κ1) is 27.2. The number of hydrogen-bond donors (Lipinski definition) is 3. The number of piperidine rings is 3. The fourth-order valence-electron chi connectivity index (χ4n) is 9.17. The van der Waals surface area contributed by atoms with E-state index < -0.39 is 315 Å². The first-order valence-electron chi connectivity index (χ1n) is 56.0. The summed E-state index contributed by atoms with van der Waals surface area (Å²) in [5.74, 6) is -34.8. The molecule has 6 N–H and O–H groups in total. The lowest BCUT2D eigenvalue weighted by molar-refractivity contribution is -0.161. The first-order chi connectivity index (χ1) is 64.6. The number of benzene rings is 3. The van der Waals surface area contributed by atoms with Gasteiger partial charge >= 0.3 is 17.9 Å². The third-order valence-corrected chi connectivity index (χ3v) is 13.4. The Kier molecular flexibility index (Phi) is 9.80. The number of ether oxygens (including phenoxy) is 9. The van der Waals surface area contributed by atoms with Crippen molar-refractivity contribution >= 4 is 17.9 Å². The third kappa shape index (κ3) is 17.5. The van der Waals surface area contributed by atoms with Crippen molar-refractivity contribution in [2.24, 2.45) is 70.3 Å². The van der Waals surface area contributed by atoms with Crippen molar-refractivity contribution in [1.82, 2.24) is 14.7 Å². The van der Waals surface area contributed by atoms with E-state index in [2.05, 4.69) is 0 Å². The molecule has 6 heterocycles. The lowest BCUT2D eigenvalue weighted by atomic mass is 9.79. The first-order valence-corrected chi connectivity index (χ1v) is 27.5. The maximum Gasteiger partial charge on any atom is 0.323 e. The Morgan fingerprint density at radius 2 is 0.722 bits per heavy atom. The monoisotopic (exact) mass is 1310 g/mol. The van der Waals surface area contributed by atoms with Gasteiger partial charge in [0.2, 0.25) is 0 Å². The van der Waals surface area contributed by atoms with Gasteiger partial charge in [-0.25, -0.2) is 0 Å². The number of rotatable bonds is 21. The quantitative estimate of drug-likeness (QED) is 0.0666. The SMILES string of the molecule is [2H]C([2H])([2H])C([2H])(C([2H])([2H])[2H])[C@]([2H])(N)C(=O)OC1([2H])C([2H])([2H])C2c3cc(OC)c(OC)cc3C([2H])([2H])C([2H])([2H])N2C([2H])([2H])C1([2H])CC(C)C.[2H]C([2H])([2H])C([2H])(C([2H])([2H])[2H])[C@]([2H])(N)C(=O)OC1([2H])C([2H])([2H])C2c3cc(OC)c(OC)cc3C([2H])([2H])C([2H])([2H])N2C([2H])([2H])C1([2H])CC(C)C.[2H]C([2H])([2H])Oc1cc2c(cc1OC)C1N(C([2H])([2H])C2([2H])[2H])C([2H])([2H])C([2H])(CC(C)C)C([2H])(OC(=O)[C@@]([2H])(N)C([2H])(C([2H])([2H])[2H])C([2H])([2H])[2H])C1([2H])[2H]. The summed E-state index contributed by atoms with van der Waals surface area (Å²) in [4.78, 5) is 41.5. The van der Waals surface area contributed by atoms with E-state index in [-0.39, 0.29) is 37.7 Å². The van der Waals surface area contributed by atoms with Crippen LogP contribution in [0.5, 0.6) is 34.5 Å². The van der Waals surface area contributed by atoms with Crippen molar-refractivity contribution in [3.63, 3.8) is 0 Å². The highest BCUT2D eigenvalue weighted by Gasteiger charge is 2.45. The summed E-state index contributed by atoms with van der Waals surface area (Å²) in [6.07, 6.45) is -35.4. The molecule has 3 saturated heterocycles. The topological polar surface area (TPSA) is 222 Å².